The van der Waals surface area contributed by atoms with Crippen LogP contribution in [0.1, 0.15) is 29.6 Å². The number of pyridine rings is 1. The summed E-state index contributed by atoms with van der Waals surface area (Å²) < 4.78 is 18.7. The van der Waals surface area contributed by atoms with Crippen LogP contribution >= 0.6 is 0 Å². The topological polar surface area (TPSA) is 59.5 Å². The van der Waals surface area contributed by atoms with Gasteiger partial charge in [-0.15, -0.1) is 0 Å². The zero-order chi connectivity index (χ0) is 16.4. The Labute approximate surface area is 133 Å². The summed E-state index contributed by atoms with van der Waals surface area (Å²) in [4.78, 5) is 30.5. The zero-order valence-electron chi connectivity index (χ0n) is 12.8. The average Bonchev–Trinajstić information content (AvgIpc) is 2.59. The van der Waals surface area contributed by atoms with Crippen molar-refractivity contribution >= 4 is 22.8 Å². The number of carbonyl (C=O) groups is 2. The van der Waals surface area contributed by atoms with Gasteiger partial charge in [0.1, 0.15) is 11.9 Å². The molecule has 0 radical (unpaired) electrons. The summed E-state index contributed by atoms with van der Waals surface area (Å²) in [5, 5.41) is 0.558. The Morgan fingerprint density at radius 2 is 2.17 bits per heavy atom. The van der Waals surface area contributed by atoms with Crippen molar-refractivity contribution in [2.24, 2.45) is 0 Å². The minimum Gasteiger partial charge on any atom is -0.467 e. The van der Waals surface area contributed by atoms with E-state index in [2.05, 4.69) is 4.98 Å². The molecule has 0 saturated carbocycles. The van der Waals surface area contributed by atoms with Gasteiger partial charge in [-0.05, 0) is 37.5 Å². The van der Waals surface area contributed by atoms with Crippen LogP contribution in [0.4, 0.5) is 4.39 Å². The number of likely N-dealkylation sites (tertiary alicyclic amines) is 1. The second-order valence-corrected chi connectivity index (χ2v) is 5.56. The third-order valence-electron chi connectivity index (χ3n) is 4.14. The first kappa shape index (κ1) is 15.4. The van der Waals surface area contributed by atoms with Gasteiger partial charge in [-0.25, -0.2) is 9.18 Å². The molecule has 0 aliphatic carbocycles. The molecule has 0 spiro atoms. The van der Waals surface area contributed by atoms with Crippen LogP contribution in [-0.4, -0.2) is 41.5 Å². The Kier molecular flexibility index (Phi) is 4.23. The summed E-state index contributed by atoms with van der Waals surface area (Å²) >= 11 is 0. The number of piperidine rings is 1. The smallest absolute Gasteiger partial charge is 0.328 e. The minimum atomic E-state index is -0.622. The van der Waals surface area contributed by atoms with Crippen molar-refractivity contribution in [1.82, 2.24) is 9.88 Å². The van der Waals surface area contributed by atoms with Crippen LogP contribution in [0.25, 0.3) is 10.9 Å². The zero-order valence-corrected chi connectivity index (χ0v) is 12.8. The lowest BCUT2D eigenvalue weighted by atomic mass is 10.00. The number of nitrogens with zero attached hydrogens (tertiary/aromatic N) is 2. The normalized spacial score (nSPS) is 18.0. The van der Waals surface area contributed by atoms with E-state index in [4.69, 9.17) is 4.74 Å². The van der Waals surface area contributed by atoms with Crippen LogP contribution in [0.3, 0.4) is 0 Å². The van der Waals surface area contributed by atoms with Crippen molar-refractivity contribution in [3.63, 3.8) is 0 Å². The third kappa shape index (κ3) is 2.88. The second-order valence-electron chi connectivity index (χ2n) is 5.56. The number of aromatic nitrogens is 1. The number of hydrogen-bond acceptors (Lipinski definition) is 4. The van der Waals surface area contributed by atoms with E-state index in [1.807, 2.05) is 0 Å². The molecular formula is C17H17FN2O3. The van der Waals surface area contributed by atoms with Gasteiger partial charge in [-0.3, -0.25) is 9.78 Å². The molecule has 1 aliphatic rings. The Bertz CT molecular complexity index is 763. The number of fused-ring (bicyclic) bond motifs is 1. The van der Waals surface area contributed by atoms with Gasteiger partial charge in [0.15, 0.2) is 0 Å². The van der Waals surface area contributed by atoms with Crippen LogP contribution in [-0.2, 0) is 9.53 Å². The summed E-state index contributed by atoms with van der Waals surface area (Å²) in [6.45, 7) is 0.448. The lowest BCUT2D eigenvalue weighted by Crippen LogP contribution is -2.48. The number of amides is 1. The van der Waals surface area contributed by atoms with E-state index in [9.17, 15) is 14.0 Å². The molecule has 0 bridgehead atoms. The predicted octanol–water partition coefficient (Wildman–Crippen LogP) is 2.54. The van der Waals surface area contributed by atoms with E-state index in [0.29, 0.717) is 23.9 Å². The fourth-order valence-corrected chi connectivity index (χ4v) is 3.03. The van der Waals surface area contributed by atoms with Crippen LogP contribution in [0.15, 0.2) is 30.5 Å². The monoisotopic (exact) mass is 316 g/mol. The van der Waals surface area contributed by atoms with Crippen molar-refractivity contribution in [3.05, 3.63) is 41.8 Å². The van der Waals surface area contributed by atoms with Crippen LogP contribution in [0, 0.1) is 5.82 Å². The molecule has 2 aromatic rings. The van der Waals surface area contributed by atoms with Crippen molar-refractivity contribution in [3.8, 4) is 0 Å². The number of benzene rings is 1. The van der Waals surface area contributed by atoms with E-state index < -0.39 is 17.8 Å². The highest BCUT2D eigenvalue weighted by Crippen LogP contribution is 2.25. The van der Waals surface area contributed by atoms with Crippen molar-refractivity contribution in [1.29, 1.82) is 0 Å². The Morgan fingerprint density at radius 3 is 2.96 bits per heavy atom. The third-order valence-corrected chi connectivity index (χ3v) is 4.14. The minimum absolute atomic E-state index is 0.177. The number of methoxy groups -OCH3 is 1. The molecule has 1 aliphatic heterocycles. The molecule has 23 heavy (non-hydrogen) atoms. The molecule has 1 aromatic carbocycles. The Morgan fingerprint density at radius 1 is 1.35 bits per heavy atom. The maximum Gasteiger partial charge on any atom is 0.328 e. The molecule has 6 heteroatoms. The van der Waals surface area contributed by atoms with Gasteiger partial charge in [-0.2, -0.15) is 0 Å². The van der Waals surface area contributed by atoms with Gasteiger partial charge in [0, 0.05) is 18.1 Å². The number of esters is 1. The average molecular weight is 316 g/mol. The quantitative estimate of drug-likeness (QED) is 0.799. The molecule has 2 heterocycles. The van der Waals surface area contributed by atoms with Gasteiger partial charge in [0.25, 0.3) is 5.91 Å². The van der Waals surface area contributed by atoms with E-state index >= 15 is 0 Å². The van der Waals surface area contributed by atoms with Crippen LogP contribution in [0.5, 0.6) is 0 Å². The first-order valence-electron chi connectivity index (χ1n) is 7.55. The van der Waals surface area contributed by atoms with Gasteiger partial charge >= 0.3 is 5.97 Å². The molecule has 1 atom stereocenters. The van der Waals surface area contributed by atoms with Crippen molar-refractivity contribution < 1.29 is 18.7 Å². The van der Waals surface area contributed by atoms with Crippen LogP contribution < -0.4 is 0 Å². The number of ether oxygens (including phenoxy) is 1. The van der Waals surface area contributed by atoms with Gasteiger partial charge < -0.3 is 9.64 Å². The first-order valence-corrected chi connectivity index (χ1v) is 7.55. The van der Waals surface area contributed by atoms with Crippen molar-refractivity contribution in [2.45, 2.75) is 25.3 Å². The lowest BCUT2D eigenvalue weighted by Gasteiger charge is -2.33. The molecule has 1 saturated heterocycles. The molecule has 3 rings (SSSR count). The fourth-order valence-electron chi connectivity index (χ4n) is 3.03. The van der Waals surface area contributed by atoms with Gasteiger partial charge in [0.05, 0.1) is 18.2 Å². The fraction of sp³-hybridized carbons (Fsp3) is 0.353. The van der Waals surface area contributed by atoms with Gasteiger partial charge in [0.2, 0.25) is 0 Å². The highest BCUT2D eigenvalue weighted by Gasteiger charge is 2.34. The maximum absolute atomic E-state index is 13.9. The SMILES string of the molecule is COC(=O)C1CCCCN1C(=O)c1cc(F)cc2cccnc12. The molecule has 1 unspecified atom stereocenters. The summed E-state index contributed by atoms with van der Waals surface area (Å²) in [5.41, 5.74) is 0.615. The highest BCUT2D eigenvalue weighted by molar-refractivity contribution is 6.06. The number of hydrogen-bond donors (Lipinski definition) is 0. The van der Waals surface area contributed by atoms with Gasteiger partial charge in [-0.1, -0.05) is 6.07 Å². The molecule has 120 valence electrons. The summed E-state index contributed by atoms with van der Waals surface area (Å²) in [6.07, 6.45) is 3.77. The summed E-state index contributed by atoms with van der Waals surface area (Å²) in [5.74, 6) is -1.32. The predicted molar refractivity (Wildman–Crippen MR) is 82.4 cm³/mol. The maximum atomic E-state index is 13.9. The number of carbonyl (C=O) groups excluding carboxylic acids is 2. The molecule has 1 aromatic heterocycles. The molecular weight excluding hydrogens is 299 g/mol. The van der Waals surface area contributed by atoms with Crippen molar-refractivity contribution in [2.75, 3.05) is 13.7 Å². The molecule has 1 amide bonds. The standard InChI is InChI=1S/C17H17FN2O3/c1-23-17(22)14-6-2-3-8-20(14)16(21)13-10-12(18)9-11-5-4-7-19-15(11)13/h4-5,7,9-10,14H,2-3,6,8H2,1H3. The largest absolute Gasteiger partial charge is 0.467 e. The molecule has 5 nitrogen and oxygen atoms in total. The highest BCUT2D eigenvalue weighted by atomic mass is 19.1. The summed E-state index contributed by atoms with van der Waals surface area (Å²) in [7, 11) is 1.30. The Hall–Kier alpha value is -2.50. The van der Waals surface area contributed by atoms with E-state index in [1.165, 1.54) is 24.1 Å². The molecule has 0 N–H and O–H groups in total. The first-order chi connectivity index (χ1) is 11.1. The van der Waals surface area contributed by atoms with E-state index in [0.717, 1.165) is 12.8 Å². The molecule has 1 fully saturated rings. The Balaban J connectivity index is 2.03. The number of halogens is 1. The lowest BCUT2D eigenvalue weighted by molar-refractivity contribution is -0.147. The summed E-state index contributed by atoms with van der Waals surface area (Å²) in [6, 6.07) is 5.29. The number of rotatable bonds is 2. The van der Waals surface area contributed by atoms with E-state index in [1.54, 1.807) is 18.3 Å². The van der Waals surface area contributed by atoms with Crippen LogP contribution in [0.2, 0.25) is 0 Å². The van der Waals surface area contributed by atoms with E-state index in [-0.39, 0.29) is 11.5 Å². The second kappa shape index (κ2) is 6.32.